The molecule has 26 heavy (non-hydrogen) atoms. The molecular formula is C20H27ClO5. The van der Waals surface area contributed by atoms with Crippen LogP contribution in [-0.4, -0.2) is 31.3 Å². The summed E-state index contributed by atoms with van der Waals surface area (Å²) in [6.45, 7) is 4.01. The van der Waals surface area contributed by atoms with Crippen LogP contribution < -0.4 is 4.74 Å². The summed E-state index contributed by atoms with van der Waals surface area (Å²) >= 11 is 6.11. The van der Waals surface area contributed by atoms with Crippen LogP contribution >= 0.6 is 11.6 Å². The second-order valence-electron chi connectivity index (χ2n) is 6.53. The van der Waals surface area contributed by atoms with E-state index in [1.165, 1.54) is 0 Å². The summed E-state index contributed by atoms with van der Waals surface area (Å²) in [5.74, 6) is -0.331. The molecule has 0 saturated heterocycles. The van der Waals surface area contributed by atoms with Gasteiger partial charge < -0.3 is 14.2 Å². The molecule has 1 aromatic rings. The standard InChI is InChI=1S/C20H27ClO5/c1-4-14-11-15(21)12-17(24-3)16(14)13-18(22)26-20(19(23)25-5-2)9-7-6-8-10-20/h11-12H,4-10,13H2,1-3H3. The molecule has 0 aliphatic heterocycles. The monoisotopic (exact) mass is 382 g/mol. The summed E-state index contributed by atoms with van der Waals surface area (Å²) in [5, 5.41) is 0.561. The highest BCUT2D eigenvalue weighted by Gasteiger charge is 2.44. The van der Waals surface area contributed by atoms with Gasteiger partial charge in [0.2, 0.25) is 5.60 Å². The van der Waals surface area contributed by atoms with E-state index in [1.807, 2.05) is 13.0 Å². The van der Waals surface area contributed by atoms with E-state index in [1.54, 1.807) is 20.1 Å². The minimum absolute atomic E-state index is 0.0324. The molecule has 0 amide bonds. The van der Waals surface area contributed by atoms with Crippen molar-refractivity contribution in [3.8, 4) is 5.75 Å². The normalized spacial score (nSPS) is 16.0. The molecular weight excluding hydrogens is 356 g/mol. The Morgan fingerprint density at radius 2 is 1.85 bits per heavy atom. The van der Waals surface area contributed by atoms with Gasteiger partial charge in [0.1, 0.15) is 5.75 Å². The zero-order valence-electron chi connectivity index (χ0n) is 15.7. The van der Waals surface area contributed by atoms with E-state index in [4.69, 9.17) is 25.8 Å². The molecule has 1 aromatic carbocycles. The van der Waals surface area contributed by atoms with E-state index < -0.39 is 17.5 Å². The van der Waals surface area contributed by atoms with Crippen molar-refractivity contribution in [3.63, 3.8) is 0 Å². The van der Waals surface area contributed by atoms with Crippen molar-refractivity contribution in [1.82, 2.24) is 0 Å². The second-order valence-corrected chi connectivity index (χ2v) is 6.96. The van der Waals surface area contributed by atoms with Gasteiger partial charge in [0, 0.05) is 10.6 Å². The van der Waals surface area contributed by atoms with Gasteiger partial charge in [-0.2, -0.15) is 0 Å². The van der Waals surface area contributed by atoms with Crippen LogP contribution in [0.25, 0.3) is 0 Å². The number of carbonyl (C=O) groups excluding carboxylic acids is 2. The third-order valence-corrected chi connectivity index (χ3v) is 5.02. The number of halogens is 1. The lowest BCUT2D eigenvalue weighted by atomic mass is 9.84. The van der Waals surface area contributed by atoms with Crippen molar-refractivity contribution < 1.29 is 23.8 Å². The number of carbonyl (C=O) groups is 2. The summed E-state index contributed by atoms with van der Waals surface area (Å²) in [4.78, 5) is 25.2. The minimum Gasteiger partial charge on any atom is -0.496 e. The van der Waals surface area contributed by atoms with Crippen molar-refractivity contribution in [1.29, 1.82) is 0 Å². The molecule has 1 saturated carbocycles. The van der Waals surface area contributed by atoms with E-state index in [-0.39, 0.29) is 13.0 Å². The van der Waals surface area contributed by atoms with Crippen LogP contribution in [0.1, 0.15) is 57.1 Å². The number of aryl methyl sites for hydroxylation is 1. The van der Waals surface area contributed by atoms with Crippen LogP contribution in [-0.2, 0) is 31.9 Å². The smallest absolute Gasteiger partial charge is 0.350 e. The van der Waals surface area contributed by atoms with E-state index >= 15 is 0 Å². The van der Waals surface area contributed by atoms with Crippen LogP contribution in [0.2, 0.25) is 5.02 Å². The molecule has 0 aromatic heterocycles. The number of rotatable bonds is 7. The number of methoxy groups -OCH3 is 1. The van der Waals surface area contributed by atoms with Crippen molar-refractivity contribution in [2.75, 3.05) is 13.7 Å². The van der Waals surface area contributed by atoms with Crippen LogP contribution in [0.4, 0.5) is 0 Å². The predicted octanol–water partition coefficient (Wildman–Crippen LogP) is 4.26. The van der Waals surface area contributed by atoms with Gasteiger partial charge in [-0.05, 0) is 56.7 Å². The second kappa shape index (κ2) is 9.26. The Hall–Kier alpha value is -1.75. The number of hydrogen-bond donors (Lipinski definition) is 0. The molecule has 6 heteroatoms. The van der Waals surface area contributed by atoms with Gasteiger partial charge in [-0.15, -0.1) is 0 Å². The lowest BCUT2D eigenvalue weighted by molar-refractivity contribution is -0.186. The zero-order chi connectivity index (χ0) is 19.2. The lowest BCUT2D eigenvalue weighted by Gasteiger charge is -2.34. The molecule has 0 unspecified atom stereocenters. The molecule has 1 aliphatic rings. The van der Waals surface area contributed by atoms with Crippen molar-refractivity contribution in [2.24, 2.45) is 0 Å². The number of benzene rings is 1. The number of ether oxygens (including phenoxy) is 3. The molecule has 0 heterocycles. The first-order valence-electron chi connectivity index (χ1n) is 9.20. The molecule has 2 rings (SSSR count). The Kier molecular flexibility index (Phi) is 7.33. The molecule has 144 valence electrons. The highest BCUT2D eigenvalue weighted by Crippen LogP contribution is 2.34. The summed E-state index contributed by atoms with van der Waals surface area (Å²) in [6, 6.07) is 3.51. The maximum atomic E-state index is 12.7. The summed E-state index contributed by atoms with van der Waals surface area (Å²) < 4.78 is 16.3. The molecule has 0 atom stereocenters. The first-order chi connectivity index (χ1) is 12.5. The Morgan fingerprint density at radius 1 is 1.15 bits per heavy atom. The third-order valence-electron chi connectivity index (χ3n) is 4.81. The quantitative estimate of drug-likeness (QED) is 0.659. The summed E-state index contributed by atoms with van der Waals surface area (Å²) in [5.41, 5.74) is 0.525. The van der Waals surface area contributed by atoms with Crippen LogP contribution in [0, 0.1) is 0 Å². The van der Waals surface area contributed by atoms with Crippen molar-refractivity contribution >= 4 is 23.5 Å². The maximum Gasteiger partial charge on any atom is 0.350 e. The van der Waals surface area contributed by atoms with Crippen LogP contribution in [0.5, 0.6) is 5.75 Å². The predicted molar refractivity (Wildman–Crippen MR) is 99.6 cm³/mol. The molecule has 0 bridgehead atoms. The molecule has 0 radical (unpaired) electrons. The van der Waals surface area contributed by atoms with Crippen LogP contribution in [0.3, 0.4) is 0 Å². The molecule has 0 N–H and O–H groups in total. The number of hydrogen-bond acceptors (Lipinski definition) is 5. The molecule has 1 fully saturated rings. The molecule has 0 spiro atoms. The highest BCUT2D eigenvalue weighted by atomic mass is 35.5. The van der Waals surface area contributed by atoms with Crippen molar-refractivity contribution in [3.05, 3.63) is 28.3 Å². The topological polar surface area (TPSA) is 61.8 Å². The Morgan fingerprint density at radius 3 is 2.42 bits per heavy atom. The van der Waals surface area contributed by atoms with Crippen LogP contribution in [0.15, 0.2) is 12.1 Å². The lowest BCUT2D eigenvalue weighted by Crippen LogP contribution is -2.46. The van der Waals surface area contributed by atoms with E-state index in [0.717, 1.165) is 30.4 Å². The van der Waals surface area contributed by atoms with E-state index in [2.05, 4.69) is 0 Å². The summed E-state index contributed by atoms with van der Waals surface area (Å²) in [6.07, 6.45) is 4.48. The van der Waals surface area contributed by atoms with Gasteiger partial charge in [-0.1, -0.05) is 24.9 Å². The van der Waals surface area contributed by atoms with Gasteiger partial charge in [-0.25, -0.2) is 4.79 Å². The minimum atomic E-state index is -1.16. The molecule has 1 aliphatic carbocycles. The Balaban J connectivity index is 2.22. The number of esters is 2. The van der Waals surface area contributed by atoms with E-state index in [0.29, 0.717) is 30.0 Å². The van der Waals surface area contributed by atoms with Gasteiger partial charge in [0.05, 0.1) is 20.1 Å². The van der Waals surface area contributed by atoms with Gasteiger partial charge >= 0.3 is 11.9 Å². The first kappa shape index (κ1) is 20.6. The average molecular weight is 383 g/mol. The third kappa shape index (κ3) is 4.70. The van der Waals surface area contributed by atoms with Gasteiger partial charge in [0.15, 0.2) is 0 Å². The average Bonchev–Trinajstić information content (AvgIpc) is 2.63. The van der Waals surface area contributed by atoms with Gasteiger partial charge in [0.25, 0.3) is 0 Å². The van der Waals surface area contributed by atoms with E-state index in [9.17, 15) is 9.59 Å². The fraction of sp³-hybridized carbons (Fsp3) is 0.600. The Labute approximate surface area is 160 Å². The Bertz CT molecular complexity index is 625. The maximum absolute atomic E-state index is 12.7. The fourth-order valence-electron chi connectivity index (χ4n) is 3.50. The highest BCUT2D eigenvalue weighted by molar-refractivity contribution is 6.30. The zero-order valence-corrected chi connectivity index (χ0v) is 16.5. The SMILES string of the molecule is CCOC(=O)C1(OC(=O)Cc2c(CC)cc(Cl)cc2OC)CCCCC1. The largest absolute Gasteiger partial charge is 0.496 e. The van der Waals surface area contributed by atoms with Gasteiger partial charge in [-0.3, -0.25) is 4.79 Å². The summed E-state index contributed by atoms with van der Waals surface area (Å²) in [7, 11) is 1.54. The first-order valence-corrected chi connectivity index (χ1v) is 9.58. The fourth-order valence-corrected chi connectivity index (χ4v) is 3.73. The molecule has 5 nitrogen and oxygen atoms in total. The van der Waals surface area contributed by atoms with Crippen molar-refractivity contribution in [2.45, 2.75) is 64.4 Å².